The molecule has 0 aliphatic carbocycles. The van der Waals surface area contributed by atoms with E-state index in [1.807, 2.05) is 37.4 Å². The van der Waals surface area contributed by atoms with Crippen molar-refractivity contribution in [1.29, 1.82) is 0 Å². The molecular weight excluding hydrogens is 436 g/mol. The highest BCUT2D eigenvalue weighted by atomic mass is 79.9. The zero-order valence-electron chi connectivity index (χ0n) is 17.7. The molecule has 1 heterocycles. The molecule has 0 unspecified atom stereocenters. The molecule has 0 atom stereocenters. The second-order valence-electron chi connectivity index (χ2n) is 7.27. The summed E-state index contributed by atoms with van der Waals surface area (Å²) in [6.45, 7) is 3.25. The van der Waals surface area contributed by atoms with Crippen molar-refractivity contribution in [2.45, 2.75) is 31.5 Å². The van der Waals surface area contributed by atoms with Crippen LogP contribution in [0.25, 0.3) is 0 Å². The van der Waals surface area contributed by atoms with Gasteiger partial charge in [-0.05, 0) is 24.1 Å². The lowest BCUT2D eigenvalue weighted by Crippen LogP contribution is -2.39. The molecule has 1 fully saturated rings. The van der Waals surface area contributed by atoms with E-state index < -0.39 is 0 Å². The Morgan fingerprint density at radius 1 is 1.24 bits per heavy atom. The minimum Gasteiger partial charge on any atom is -0.381 e. The maximum atomic E-state index is 12.4. The molecule has 0 bridgehead atoms. The SMILES string of the molecule is COC1(/C=C/COCc2ccc(N(C)C(=O)N(C)CCCBr)cc2)CCOCC1. The molecular formula is C22H33BrN2O4. The van der Waals surface area contributed by atoms with Crippen LogP contribution in [0.3, 0.4) is 0 Å². The second kappa shape index (κ2) is 12.3. The third-order valence-electron chi connectivity index (χ3n) is 5.21. The maximum absolute atomic E-state index is 12.4. The van der Waals surface area contributed by atoms with Crippen molar-refractivity contribution in [3.8, 4) is 0 Å². The fraction of sp³-hybridized carbons (Fsp3) is 0.591. The summed E-state index contributed by atoms with van der Waals surface area (Å²) in [5.74, 6) is 0. The van der Waals surface area contributed by atoms with Gasteiger partial charge in [0.15, 0.2) is 0 Å². The van der Waals surface area contributed by atoms with Gasteiger partial charge in [0.2, 0.25) is 0 Å². The van der Waals surface area contributed by atoms with Crippen LogP contribution in [0.15, 0.2) is 36.4 Å². The maximum Gasteiger partial charge on any atom is 0.323 e. The van der Waals surface area contributed by atoms with Crippen molar-refractivity contribution in [2.75, 3.05) is 57.8 Å². The van der Waals surface area contributed by atoms with Gasteiger partial charge in [0.05, 0.1) is 18.8 Å². The summed E-state index contributed by atoms with van der Waals surface area (Å²) in [5, 5.41) is 0.888. The van der Waals surface area contributed by atoms with E-state index in [9.17, 15) is 4.79 Å². The second-order valence-corrected chi connectivity index (χ2v) is 8.06. The van der Waals surface area contributed by atoms with Gasteiger partial charge in [0, 0.05) is 64.8 Å². The molecule has 1 aromatic rings. The number of anilines is 1. The van der Waals surface area contributed by atoms with Gasteiger partial charge >= 0.3 is 6.03 Å². The van der Waals surface area contributed by atoms with Crippen molar-refractivity contribution in [3.63, 3.8) is 0 Å². The molecule has 2 amide bonds. The summed E-state index contributed by atoms with van der Waals surface area (Å²) < 4.78 is 16.8. The third-order valence-corrected chi connectivity index (χ3v) is 5.78. The van der Waals surface area contributed by atoms with Gasteiger partial charge < -0.3 is 19.1 Å². The Kier molecular flexibility index (Phi) is 10.1. The van der Waals surface area contributed by atoms with Crippen LogP contribution in [-0.2, 0) is 20.8 Å². The minimum absolute atomic E-state index is 0.0136. The van der Waals surface area contributed by atoms with Crippen LogP contribution in [0.4, 0.5) is 10.5 Å². The van der Waals surface area contributed by atoms with E-state index in [0.29, 0.717) is 13.2 Å². The highest BCUT2D eigenvalue weighted by Crippen LogP contribution is 2.25. The molecule has 0 spiro atoms. The summed E-state index contributed by atoms with van der Waals surface area (Å²) >= 11 is 3.39. The molecule has 1 aromatic carbocycles. The van der Waals surface area contributed by atoms with Crippen molar-refractivity contribution < 1.29 is 19.0 Å². The zero-order valence-corrected chi connectivity index (χ0v) is 19.3. The Balaban J connectivity index is 1.78. The van der Waals surface area contributed by atoms with E-state index in [-0.39, 0.29) is 11.6 Å². The summed E-state index contributed by atoms with van der Waals surface area (Å²) in [4.78, 5) is 15.8. The molecule has 1 saturated heterocycles. The first-order valence-electron chi connectivity index (χ1n) is 10.0. The fourth-order valence-corrected chi connectivity index (χ4v) is 3.49. The number of urea groups is 1. The summed E-state index contributed by atoms with van der Waals surface area (Å²) in [7, 11) is 5.37. The molecule has 29 heavy (non-hydrogen) atoms. The quantitative estimate of drug-likeness (QED) is 0.293. The largest absolute Gasteiger partial charge is 0.381 e. The Labute approximate surface area is 182 Å². The molecule has 0 N–H and O–H groups in total. The van der Waals surface area contributed by atoms with Crippen LogP contribution in [0.5, 0.6) is 0 Å². The number of nitrogens with zero attached hydrogens (tertiary/aromatic N) is 2. The number of hydrogen-bond donors (Lipinski definition) is 0. The number of carbonyl (C=O) groups excluding carboxylic acids is 1. The number of amides is 2. The van der Waals surface area contributed by atoms with Gasteiger partial charge in [-0.2, -0.15) is 0 Å². The standard InChI is InChI=1S/C22H33BrN2O4/c1-24(14-5-13-23)21(26)25(2)20-8-6-19(7-9-20)18-29-15-4-10-22(27-3)11-16-28-17-12-22/h4,6-10H,5,11-18H2,1-3H3/b10-4+. The fourth-order valence-electron chi connectivity index (χ4n) is 3.24. The molecule has 1 aliphatic rings. The zero-order chi connectivity index (χ0) is 21.1. The van der Waals surface area contributed by atoms with Crippen LogP contribution >= 0.6 is 15.9 Å². The number of alkyl halides is 1. The third kappa shape index (κ3) is 7.41. The number of halogens is 1. The average molecular weight is 469 g/mol. The first kappa shape index (κ1) is 23.9. The summed E-state index contributed by atoms with van der Waals surface area (Å²) in [5.41, 5.74) is 1.72. The number of rotatable bonds is 10. The molecule has 0 radical (unpaired) electrons. The first-order valence-corrected chi connectivity index (χ1v) is 11.2. The monoisotopic (exact) mass is 468 g/mol. The van der Waals surface area contributed by atoms with E-state index >= 15 is 0 Å². The van der Waals surface area contributed by atoms with E-state index in [2.05, 4.69) is 22.0 Å². The predicted octanol–water partition coefficient (Wildman–Crippen LogP) is 4.23. The van der Waals surface area contributed by atoms with Gasteiger partial charge in [-0.15, -0.1) is 0 Å². The Bertz CT molecular complexity index is 645. The van der Waals surface area contributed by atoms with Gasteiger partial charge in [-0.25, -0.2) is 4.79 Å². The van der Waals surface area contributed by atoms with Crippen molar-refractivity contribution in [1.82, 2.24) is 4.90 Å². The number of carbonyl (C=O) groups is 1. The normalized spacial score (nSPS) is 16.1. The van der Waals surface area contributed by atoms with Crippen LogP contribution in [0.1, 0.15) is 24.8 Å². The van der Waals surface area contributed by atoms with Gasteiger partial charge in [0.1, 0.15) is 0 Å². The lowest BCUT2D eigenvalue weighted by Gasteiger charge is -2.33. The van der Waals surface area contributed by atoms with E-state index in [1.54, 1.807) is 24.0 Å². The van der Waals surface area contributed by atoms with Gasteiger partial charge in [-0.3, -0.25) is 4.90 Å². The van der Waals surface area contributed by atoms with Crippen LogP contribution in [0.2, 0.25) is 0 Å². The van der Waals surface area contributed by atoms with Crippen LogP contribution in [0, 0.1) is 0 Å². The highest BCUT2D eigenvalue weighted by molar-refractivity contribution is 9.09. The topological polar surface area (TPSA) is 51.2 Å². The summed E-state index contributed by atoms with van der Waals surface area (Å²) in [6, 6.07) is 7.88. The number of methoxy groups -OCH3 is 1. The molecule has 1 aliphatic heterocycles. The van der Waals surface area contributed by atoms with Crippen LogP contribution < -0.4 is 4.90 Å². The smallest absolute Gasteiger partial charge is 0.323 e. The van der Waals surface area contributed by atoms with E-state index in [1.165, 1.54) is 0 Å². The number of ether oxygens (including phenoxy) is 3. The summed E-state index contributed by atoms with van der Waals surface area (Å²) in [6.07, 6.45) is 6.81. The highest BCUT2D eigenvalue weighted by Gasteiger charge is 2.29. The van der Waals surface area contributed by atoms with Crippen LogP contribution in [-0.4, -0.2) is 69.4 Å². The molecule has 162 valence electrons. The minimum atomic E-state index is -0.220. The first-order chi connectivity index (χ1) is 14.0. The van der Waals surface area contributed by atoms with Crippen molar-refractivity contribution >= 4 is 27.6 Å². The Morgan fingerprint density at radius 2 is 1.93 bits per heavy atom. The Morgan fingerprint density at radius 3 is 2.55 bits per heavy atom. The lowest BCUT2D eigenvalue weighted by molar-refractivity contribution is -0.0589. The average Bonchev–Trinajstić information content (AvgIpc) is 2.77. The van der Waals surface area contributed by atoms with Gasteiger partial charge in [0.25, 0.3) is 0 Å². The molecule has 0 aromatic heterocycles. The van der Waals surface area contributed by atoms with Crippen molar-refractivity contribution in [3.05, 3.63) is 42.0 Å². The molecule has 2 rings (SSSR count). The van der Waals surface area contributed by atoms with Gasteiger partial charge in [-0.1, -0.05) is 40.2 Å². The Hall–Kier alpha value is -1.41. The van der Waals surface area contributed by atoms with E-state index in [4.69, 9.17) is 14.2 Å². The molecule has 0 saturated carbocycles. The lowest BCUT2D eigenvalue weighted by atomic mass is 9.93. The number of benzene rings is 1. The predicted molar refractivity (Wildman–Crippen MR) is 120 cm³/mol. The number of hydrogen-bond acceptors (Lipinski definition) is 4. The van der Waals surface area contributed by atoms with Crippen molar-refractivity contribution in [2.24, 2.45) is 0 Å². The van der Waals surface area contributed by atoms with E-state index in [0.717, 1.165) is 55.6 Å². The molecule has 7 heteroatoms. The molecule has 6 nitrogen and oxygen atoms in total.